The van der Waals surface area contributed by atoms with E-state index in [4.69, 9.17) is 4.74 Å². The van der Waals surface area contributed by atoms with E-state index in [-0.39, 0.29) is 12.4 Å². The summed E-state index contributed by atoms with van der Waals surface area (Å²) in [7, 11) is 0. The Labute approximate surface area is 150 Å². The second-order valence-corrected chi connectivity index (χ2v) is 7.21. The maximum Gasteiger partial charge on any atom is 0.331 e. The fourth-order valence-corrected chi connectivity index (χ4v) is 3.24. The molecule has 0 bridgehead atoms. The molecule has 0 fully saturated rings. The summed E-state index contributed by atoms with van der Waals surface area (Å²) < 4.78 is 5.80. The van der Waals surface area contributed by atoms with Crippen LogP contribution in [0.3, 0.4) is 0 Å². The quantitative estimate of drug-likeness (QED) is 0.367. The van der Waals surface area contributed by atoms with Gasteiger partial charge in [-0.3, -0.25) is 9.78 Å². The predicted molar refractivity (Wildman–Crippen MR) is 95.9 cm³/mol. The number of para-hydroxylation sites is 2. The SMILES string of the molecule is O=C(C=Cc1cnc2ccccc2n1)OCC(=O)c1ccc(Br)s1. The topological polar surface area (TPSA) is 69.2 Å². The van der Waals surface area contributed by atoms with E-state index in [9.17, 15) is 9.59 Å². The Bertz CT molecular complexity index is 936. The molecule has 3 rings (SSSR count). The predicted octanol–water partition coefficient (Wildman–Crippen LogP) is 3.89. The van der Waals surface area contributed by atoms with Gasteiger partial charge in [0.15, 0.2) is 6.61 Å². The van der Waals surface area contributed by atoms with Crippen LogP contribution in [0.2, 0.25) is 0 Å². The smallest absolute Gasteiger partial charge is 0.331 e. The largest absolute Gasteiger partial charge is 0.454 e. The van der Waals surface area contributed by atoms with Crippen molar-refractivity contribution in [3.8, 4) is 0 Å². The monoisotopic (exact) mass is 402 g/mol. The third-order valence-electron chi connectivity index (χ3n) is 3.05. The minimum atomic E-state index is -0.603. The molecule has 0 unspecified atom stereocenters. The molecule has 120 valence electrons. The Morgan fingerprint density at radius 2 is 1.96 bits per heavy atom. The minimum Gasteiger partial charge on any atom is -0.454 e. The fourth-order valence-electron chi connectivity index (χ4n) is 1.93. The van der Waals surface area contributed by atoms with E-state index >= 15 is 0 Å². The summed E-state index contributed by atoms with van der Waals surface area (Å²) in [5.41, 5.74) is 2.07. The van der Waals surface area contributed by atoms with Gasteiger partial charge in [-0.25, -0.2) is 9.78 Å². The second kappa shape index (κ2) is 7.46. The van der Waals surface area contributed by atoms with Crippen LogP contribution in [0.25, 0.3) is 17.1 Å². The van der Waals surface area contributed by atoms with Crippen LogP contribution < -0.4 is 0 Å². The first-order valence-corrected chi connectivity index (χ1v) is 8.58. The van der Waals surface area contributed by atoms with E-state index < -0.39 is 5.97 Å². The van der Waals surface area contributed by atoms with E-state index in [1.165, 1.54) is 23.5 Å². The number of esters is 1. The number of rotatable bonds is 5. The van der Waals surface area contributed by atoms with E-state index in [1.807, 2.05) is 24.3 Å². The summed E-state index contributed by atoms with van der Waals surface area (Å²) in [6.45, 7) is -0.292. The molecule has 0 radical (unpaired) electrons. The number of carbonyl (C=O) groups excluding carboxylic acids is 2. The van der Waals surface area contributed by atoms with Gasteiger partial charge >= 0.3 is 5.97 Å². The number of nitrogens with zero attached hydrogens (tertiary/aromatic N) is 2. The number of carbonyl (C=O) groups is 2. The van der Waals surface area contributed by atoms with Crippen LogP contribution in [0.15, 0.2) is 52.5 Å². The maximum atomic E-state index is 11.8. The van der Waals surface area contributed by atoms with Crippen molar-refractivity contribution >= 4 is 56.1 Å². The Hall–Kier alpha value is -2.38. The molecule has 0 saturated carbocycles. The number of aromatic nitrogens is 2. The van der Waals surface area contributed by atoms with Gasteiger partial charge < -0.3 is 4.74 Å². The number of fused-ring (bicyclic) bond motifs is 1. The summed E-state index contributed by atoms with van der Waals surface area (Å²) in [4.78, 5) is 32.7. The molecule has 1 aromatic carbocycles. The first-order chi connectivity index (χ1) is 11.6. The summed E-state index contributed by atoms with van der Waals surface area (Å²) in [6, 6.07) is 10.9. The number of benzene rings is 1. The zero-order valence-electron chi connectivity index (χ0n) is 12.3. The molecule has 0 aliphatic rings. The van der Waals surface area contributed by atoms with Gasteiger partial charge in [-0.1, -0.05) is 12.1 Å². The molecule has 0 spiro atoms. The molecule has 2 heterocycles. The molecular formula is C17H11BrN2O3S. The highest BCUT2D eigenvalue weighted by atomic mass is 79.9. The molecule has 2 aromatic heterocycles. The van der Waals surface area contributed by atoms with Gasteiger partial charge in [0.1, 0.15) is 0 Å². The Morgan fingerprint density at radius 1 is 1.17 bits per heavy atom. The number of halogens is 1. The number of hydrogen-bond acceptors (Lipinski definition) is 6. The maximum absolute atomic E-state index is 11.8. The van der Waals surface area contributed by atoms with Gasteiger partial charge in [-0.2, -0.15) is 0 Å². The van der Waals surface area contributed by atoms with Crippen molar-refractivity contribution in [1.82, 2.24) is 9.97 Å². The molecule has 0 aliphatic carbocycles. The summed E-state index contributed by atoms with van der Waals surface area (Å²) in [5.74, 6) is -0.841. The summed E-state index contributed by atoms with van der Waals surface area (Å²) >= 11 is 4.58. The highest BCUT2D eigenvalue weighted by molar-refractivity contribution is 9.11. The van der Waals surface area contributed by atoms with Crippen molar-refractivity contribution in [2.75, 3.05) is 6.61 Å². The van der Waals surface area contributed by atoms with E-state index in [1.54, 1.807) is 18.3 Å². The molecule has 0 N–H and O–H groups in total. The molecule has 7 heteroatoms. The lowest BCUT2D eigenvalue weighted by molar-refractivity contribution is -0.136. The van der Waals surface area contributed by atoms with Gasteiger partial charge in [-0.05, 0) is 46.3 Å². The van der Waals surface area contributed by atoms with Crippen LogP contribution in [0, 0.1) is 0 Å². The molecule has 5 nitrogen and oxygen atoms in total. The van der Waals surface area contributed by atoms with E-state index in [0.29, 0.717) is 10.6 Å². The number of ether oxygens (including phenoxy) is 1. The Morgan fingerprint density at radius 3 is 2.71 bits per heavy atom. The third-order valence-corrected chi connectivity index (χ3v) is 4.72. The lowest BCUT2D eigenvalue weighted by Crippen LogP contribution is -2.11. The van der Waals surface area contributed by atoms with Crippen LogP contribution in [-0.4, -0.2) is 28.3 Å². The van der Waals surface area contributed by atoms with E-state index in [0.717, 1.165) is 14.8 Å². The van der Waals surface area contributed by atoms with Crippen molar-refractivity contribution in [3.63, 3.8) is 0 Å². The van der Waals surface area contributed by atoms with Crippen molar-refractivity contribution in [2.45, 2.75) is 0 Å². The minimum absolute atomic E-state index is 0.238. The molecule has 0 saturated heterocycles. The standard InChI is InChI=1S/C17H11BrN2O3S/c18-16-7-6-15(24-16)14(21)10-23-17(22)8-5-11-9-19-12-3-1-2-4-13(12)20-11/h1-9H,10H2. The third kappa shape index (κ3) is 4.12. The number of ketones is 1. The molecular weight excluding hydrogens is 392 g/mol. The summed E-state index contributed by atoms with van der Waals surface area (Å²) in [5, 5.41) is 0. The molecule has 0 aliphatic heterocycles. The fraction of sp³-hybridized carbons (Fsp3) is 0.0588. The van der Waals surface area contributed by atoms with Gasteiger partial charge in [0.25, 0.3) is 0 Å². The van der Waals surface area contributed by atoms with Crippen molar-refractivity contribution in [1.29, 1.82) is 0 Å². The van der Waals surface area contributed by atoms with Crippen LogP contribution in [0.5, 0.6) is 0 Å². The normalized spacial score (nSPS) is 11.0. The zero-order valence-corrected chi connectivity index (χ0v) is 14.7. The average Bonchev–Trinajstić information content (AvgIpc) is 3.04. The lowest BCUT2D eigenvalue weighted by Gasteiger charge is -2.00. The first-order valence-electron chi connectivity index (χ1n) is 6.97. The van der Waals surface area contributed by atoms with Gasteiger partial charge in [0.05, 0.1) is 31.6 Å². The zero-order chi connectivity index (χ0) is 16.9. The van der Waals surface area contributed by atoms with Crippen molar-refractivity contribution in [2.24, 2.45) is 0 Å². The first kappa shape index (κ1) is 16.5. The van der Waals surface area contributed by atoms with Crippen LogP contribution in [0.4, 0.5) is 0 Å². The highest BCUT2D eigenvalue weighted by Gasteiger charge is 2.10. The number of thiophene rings is 1. The van der Waals surface area contributed by atoms with E-state index in [2.05, 4.69) is 25.9 Å². The average molecular weight is 403 g/mol. The Balaban J connectivity index is 1.59. The van der Waals surface area contributed by atoms with Crippen molar-refractivity contribution < 1.29 is 14.3 Å². The molecule has 3 aromatic rings. The highest BCUT2D eigenvalue weighted by Crippen LogP contribution is 2.22. The molecule has 0 atom stereocenters. The Kier molecular flexibility index (Phi) is 5.12. The lowest BCUT2D eigenvalue weighted by atomic mass is 10.3. The summed E-state index contributed by atoms with van der Waals surface area (Å²) in [6.07, 6.45) is 4.31. The van der Waals surface area contributed by atoms with Gasteiger partial charge in [0, 0.05) is 6.08 Å². The number of Topliss-reactive ketones (excluding diaryl/α,β-unsaturated/α-hetero) is 1. The second-order valence-electron chi connectivity index (χ2n) is 4.75. The molecule has 0 amide bonds. The molecule has 24 heavy (non-hydrogen) atoms. The van der Waals surface area contributed by atoms with Crippen LogP contribution in [-0.2, 0) is 9.53 Å². The van der Waals surface area contributed by atoms with Gasteiger partial charge in [0.2, 0.25) is 5.78 Å². The van der Waals surface area contributed by atoms with Crippen LogP contribution >= 0.6 is 27.3 Å². The number of hydrogen-bond donors (Lipinski definition) is 0. The van der Waals surface area contributed by atoms with Crippen molar-refractivity contribution in [3.05, 3.63) is 63.0 Å². The van der Waals surface area contributed by atoms with Gasteiger partial charge in [-0.15, -0.1) is 11.3 Å². The van der Waals surface area contributed by atoms with Crippen LogP contribution in [0.1, 0.15) is 15.4 Å².